The van der Waals surface area contributed by atoms with Crippen LogP contribution in [0.5, 0.6) is 0 Å². The van der Waals surface area contributed by atoms with Gasteiger partial charge < -0.3 is 10.3 Å². The number of fused-ring (bicyclic) bond motifs is 1. The molecule has 0 spiro atoms. The Balaban J connectivity index is 2.38. The molecule has 66 valence electrons. The van der Waals surface area contributed by atoms with Crippen LogP contribution in [0, 0.1) is 0 Å². The van der Waals surface area contributed by atoms with Gasteiger partial charge in [-0.3, -0.25) is 0 Å². The van der Waals surface area contributed by atoms with Crippen LogP contribution in [0.15, 0.2) is 6.07 Å². The lowest BCUT2D eigenvalue weighted by molar-refractivity contribution is -0.140. The lowest BCUT2D eigenvalue weighted by Crippen LogP contribution is -2.08. The van der Waals surface area contributed by atoms with Crippen LogP contribution in [-0.4, -0.2) is 4.98 Å². The Hall–Kier alpha value is -0.970. The van der Waals surface area contributed by atoms with E-state index in [4.69, 9.17) is 0 Å². The first kappa shape index (κ1) is 7.67. The molecule has 0 bridgehead atoms. The van der Waals surface area contributed by atoms with Crippen LogP contribution < -0.4 is 5.32 Å². The molecule has 2 N–H and O–H groups in total. The number of aromatic nitrogens is 1. The maximum atomic E-state index is 12.1. The minimum atomic E-state index is -4.25. The number of H-pyrrole nitrogens is 1. The highest BCUT2D eigenvalue weighted by Crippen LogP contribution is 2.31. The molecule has 0 unspecified atom stereocenters. The van der Waals surface area contributed by atoms with Gasteiger partial charge in [-0.25, -0.2) is 0 Å². The molecular formula is C7H7F3N2. The van der Waals surface area contributed by atoms with Crippen LogP contribution in [0.3, 0.4) is 0 Å². The number of nitrogens with one attached hydrogen (secondary N) is 2. The second-order valence-corrected chi connectivity index (χ2v) is 2.79. The summed E-state index contributed by atoms with van der Waals surface area (Å²) in [6.45, 7) is 1.04. The van der Waals surface area contributed by atoms with E-state index in [-0.39, 0.29) is 0 Å². The molecule has 2 rings (SSSR count). The predicted molar refractivity (Wildman–Crippen MR) is 36.3 cm³/mol. The Kier molecular flexibility index (Phi) is 1.44. The maximum absolute atomic E-state index is 12.1. The molecule has 0 aliphatic carbocycles. The molecule has 0 fully saturated rings. The third kappa shape index (κ3) is 1.10. The molecule has 1 aliphatic heterocycles. The summed E-state index contributed by atoms with van der Waals surface area (Å²) in [6.07, 6.45) is -4.25. The van der Waals surface area contributed by atoms with Crippen molar-refractivity contribution >= 4 is 0 Å². The van der Waals surface area contributed by atoms with Crippen molar-refractivity contribution in [2.24, 2.45) is 0 Å². The van der Waals surface area contributed by atoms with Gasteiger partial charge in [-0.1, -0.05) is 0 Å². The summed E-state index contributed by atoms with van der Waals surface area (Å²) in [7, 11) is 0. The Bertz CT molecular complexity index is 279. The highest BCUT2D eigenvalue weighted by atomic mass is 19.4. The van der Waals surface area contributed by atoms with E-state index in [2.05, 4.69) is 10.3 Å². The van der Waals surface area contributed by atoms with Gasteiger partial charge in [0.25, 0.3) is 0 Å². The Morgan fingerprint density at radius 2 is 2.00 bits per heavy atom. The fraction of sp³-hybridized carbons (Fsp3) is 0.429. The van der Waals surface area contributed by atoms with Gasteiger partial charge in [0.2, 0.25) is 0 Å². The topological polar surface area (TPSA) is 27.8 Å². The number of aromatic amines is 1. The van der Waals surface area contributed by atoms with E-state index in [0.29, 0.717) is 18.8 Å². The van der Waals surface area contributed by atoms with Crippen LogP contribution in [0.1, 0.15) is 17.0 Å². The average Bonchev–Trinajstić information content (AvgIpc) is 2.37. The van der Waals surface area contributed by atoms with E-state index < -0.39 is 11.9 Å². The zero-order valence-electron chi connectivity index (χ0n) is 6.13. The normalized spacial score (nSPS) is 16.6. The number of hydrogen-bond donors (Lipinski definition) is 2. The Labute approximate surface area is 66.8 Å². The quantitative estimate of drug-likeness (QED) is 0.617. The Morgan fingerprint density at radius 3 is 2.58 bits per heavy atom. The minimum Gasteiger partial charge on any atom is -0.354 e. The van der Waals surface area contributed by atoms with Crippen molar-refractivity contribution in [2.45, 2.75) is 19.3 Å². The molecule has 0 radical (unpaired) electrons. The van der Waals surface area contributed by atoms with Gasteiger partial charge in [0.05, 0.1) is 0 Å². The smallest absolute Gasteiger partial charge is 0.354 e. The summed E-state index contributed by atoms with van der Waals surface area (Å²) in [4.78, 5) is 2.35. The van der Waals surface area contributed by atoms with Crippen molar-refractivity contribution in [3.63, 3.8) is 0 Å². The van der Waals surface area contributed by atoms with Gasteiger partial charge >= 0.3 is 6.18 Å². The lowest BCUT2D eigenvalue weighted by Gasteiger charge is -2.02. The summed E-state index contributed by atoms with van der Waals surface area (Å²) < 4.78 is 36.3. The highest BCUT2D eigenvalue weighted by molar-refractivity contribution is 5.30. The lowest BCUT2D eigenvalue weighted by atomic mass is 10.3. The van der Waals surface area contributed by atoms with E-state index in [1.54, 1.807) is 0 Å². The second-order valence-electron chi connectivity index (χ2n) is 2.79. The van der Waals surface area contributed by atoms with E-state index in [0.717, 1.165) is 11.6 Å². The molecule has 2 heterocycles. The van der Waals surface area contributed by atoms with Crippen molar-refractivity contribution in [2.75, 3.05) is 0 Å². The molecule has 12 heavy (non-hydrogen) atoms. The molecule has 1 aromatic heterocycles. The predicted octanol–water partition coefficient (Wildman–Crippen LogP) is 1.64. The minimum absolute atomic E-state index is 0.505. The fourth-order valence-corrected chi connectivity index (χ4v) is 1.33. The molecule has 0 aromatic carbocycles. The molecule has 0 saturated heterocycles. The van der Waals surface area contributed by atoms with Crippen LogP contribution in [0.25, 0.3) is 0 Å². The monoisotopic (exact) mass is 176 g/mol. The first-order valence-corrected chi connectivity index (χ1v) is 3.56. The molecule has 1 aromatic rings. The fourth-order valence-electron chi connectivity index (χ4n) is 1.33. The van der Waals surface area contributed by atoms with Gasteiger partial charge in [-0.15, -0.1) is 0 Å². The van der Waals surface area contributed by atoms with Crippen molar-refractivity contribution < 1.29 is 13.2 Å². The van der Waals surface area contributed by atoms with Crippen molar-refractivity contribution in [1.29, 1.82) is 0 Å². The summed E-state index contributed by atoms with van der Waals surface area (Å²) in [6, 6.07) is 1.16. The Morgan fingerprint density at radius 1 is 1.25 bits per heavy atom. The number of halogens is 3. The molecule has 5 heteroatoms. The van der Waals surface area contributed by atoms with Crippen LogP contribution in [-0.2, 0) is 19.3 Å². The van der Waals surface area contributed by atoms with Gasteiger partial charge in [-0.2, -0.15) is 13.2 Å². The molecule has 0 amide bonds. The van der Waals surface area contributed by atoms with E-state index in [9.17, 15) is 13.2 Å². The summed E-state index contributed by atoms with van der Waals surface area (Å²) in [5, 5.41) is 2.95. The third-order valence-corrected chi connectivity index (χ3v) is 1.91. The van der Waals surface area contributed by atoms with Gasteiger partial charge in [0.1, 0.15) is 5.69 Å². The van der Waals surface area contributed by atoms with Crippen molar-refractivity contribution in [3.8, 4) is 0 Å². The van der Waals surface area contributed by atoms with Crippen LogP contribution in [0.2, 0.25) is 0 Å². The molecule has 0 atom stereocenters. The van der Waals surface area contributed by atoms with Gasteiger partial charge in [0, 0.05) is 18.8 Å². The molecule has 2 nitrogen and oxygen atoms in total. The number of rotatable bonds is 0. The summed E-state index contributed by atoms with van der Waals surface area (Å²) in [5.41, 5.74) is 0.735. The second kappa shape index (κ2) is 2.26. The number of alkyl halides is 3. The highest BCUT2D eigenvalue weighted by Gasteiger charge is 2.34. The van der Waals surface area contributed by atoms with E-state index in [1.165, 1.54) is 0 Å². The molecule has 1 aliphatic rings. The van der Waals surface area contributed by atoms with E-state index >= 15 is 0 Å². The van der Waals surface area contributed by atoms with Crippen LogP contribution >= 0.6 is 0 Å². The van der Waals surface area contributed by atoms with Crippen molar-refractivity contribution in [1.82, 2.24) is 10.3 Å². The summed E-state index contributed by atoms with van der Waals surface area (Å²) in [5.74, 6) is 0. The first-order valence-electron chi connectivity index (χ1n) is 3.56. The van der Waals surface area contributed by atoms with Gasteiger partial charge in [-0.05, 0) is 11.6 Å². The van der Waals surface area contributed by atoms with E-state index in [1.807, 2.05) is 0 Å². The zero-order valence-corrected chi connectivity index (χ0v) is 6.13. The average molecular weight is 176 g/mol. The molecule has 0 saturated carbocycles. The van der Waals surface area contributed by atoms with Crippen LogP contribution in [0.4, 0.5) is 13.2 Å². The van der Waals surface area contributed by atoms with Gasteiger partial charge in [0.15, 0.2) is 0 Å². The number of hydrogen-bond acceptors (Lipinski definition) is 1. The summed E-state index contributed by atoms with van der Waals surface area (Å²) >= 11 is 0. The van der Waals surface area contributed by atoms with Crippen molar-refractivity contribution in [3.05, 3.63) is 23.0 Å². The standard InChI is InChI=1S/C7H7F3N2/c8-7(9,10)6-1-4-2-11-3-5(4)12-6/h1,11-12H,2-3H2. The maximum Gasteiger partial charge on any atom is 0.431 e. The first-order chi connectivity index (χ1) is 5.57. The zero-order chi connectivity index (χ0) is 8.77. The third-order valence-electron chi connectivity index (χ3n) is 1.91. The SMILES string of the molecule is FC(F)(F)c1cc2c([nH]1)CNC2. The largest absolute Gasteiger partial charge is 0.431 e. The molecular weight excluding hydrogens is 169 g/mol.